The third-order valence-corrected chi connectivity index (χ3v) is 6.62. The summed E-state index contributed by atoms with van der Waals surface area (Å²) in [5, 5.41) is 8.98. The van der Waals surface area contributed by atoms with Gasteiger partial charge in [-0.15, -0.1) is 0 Å². The summed E-state index contributed by atoms with van der Waals surface area (Å²) in [6.45, 7) is -1.34. The number of amides is 1. The van der Waals surface area contributed by atoms with Gasteiger partial charge >= 0.3 is 5.97 Å². The highest BCUT2D eigenvalue weighted by molar-refractivity contribution is 5.95. The van der Waals surface area contributed by atoms with Crippen molar-refractivity contribution in [3.05, 3.63) is 83.9 Å². The van der Waals surface area contributed by atoms with Crippen molar-refractivity contribution in [2.75, 3.05) is 23.9 Å². The van der Waals surface area contributed by atoms with Gasteiger partial charge in [-0.3, -0.25) is 9.78 Å². The van der Waals surface area contributed by atoms with Crippen LogP contribution in [0.3, 0.4) is 0 Å². The van der Waals surface area contributed by atoms with Crippen molar-refractivity contribution in [3.63, 3.8) is 0 Å². The second-order valence-electron chi connectivity index (χ2n) is 9.50. The predicted molar refractivity (Wildman–Crippen MR) is 145 cm³/mol. The van der Waals surface area contributed by atoms with Crippen molar-refractivity contribution in [1.29, 1.82) is 0 Å². The van der Waals surface area contributed by atoms with Gasteiger partial charge in [-0.1, -0.05) is 43.5 Å². The second kappa shape index (κ2) is 11.8. The van der Waals surface area contributed by atoms with E-state index in [-0.39, 0.29) is 17.4 Å². The van der Waals surface area contributed by atoms with Crippen molar-refractivity contribution in [1.82, 2.24) is 4.98 Å². The van der Waals surface area contributed by atoms with Gasteiger partial charge in [-0.25, -0.2) is 9.18 Å². The summed E-state index contributed by atoms with van der Waals surface area (Å²) in [6.07, 6.45) is 9.66. The molecule has 0 spiro atoms. The molecule has 1 fully saturated rings. The molecule has 3 aromatic rings. The molecule has 1 aliphatic rings. The Kier molecular flexibility index (Phi) is 7.89. The van der Waals surface area contributed by atoms with E-state index in [0.717, 1.165) is 49.4 Å². The van der Waals surface area contributed by atoms with Crippen molar-refractivity contribution < 1.29 is 20.5 Å². The molecule has 1 atom stereocenters. The minimum Gasteiger partial charge on any atom is -0.478 e. The van der Waals surface area contributed by atoms with Gasteiger partial charge in [0.15, 0.2) is 0 Å². The number of aliphatic carboxylic acids is 1. The molecule has 7 heteroatoms. The number of hydrogen-bond donors (Lipinski definition) is 1. The maximum Gasteiger partial charge on any atom is 0.328 e. The number of aromatic nitrogens is 1. The number of hydrogen-bond acceptors (Lipinski definition) is 4. The summed E-state index contributed by atoms with van der Waals surface area (Å²) < 4.78 is 24.5. The zero-order valence-electron chi connectivity index (χ0n) is 22.1. The van der Waals surface area contributed by atoms with E-state index in [1.54, 1.807) is 18.2 Å². The van der Waals surface area contributed by atoms with Crippen LogP contribution in [0.25, 0.3) is 17.2 Å². The molecule has 4 rings (SSSR count). The molecule has 2 aromatic carbocycles. The molecule has 0 saturated heterocycles. The molecule has 0 bridgehead atoms. The van der Waals surface area contributed by atoms with Crippen molar-refractivity contribution in [2.24, 2.45) is 5.92 Å². The molecule has 6 nitrogen and oxygen atoms in total. The normalized spacial score (nSPS) is 15.3. The van der Waals surface area contributed by atoms with Gasteiger partial charge in [0.25, 0.3) is 0 Å². The Labute approximate surface area is 218 Å². The van der Waals surface area contributed by atoms with Crippen molar-refractivity contribution in [3.8, 4) is 11.1 Å². The fourth-order valence-electron chi connectivity index (χ4n) is 4.55. The van der Waals surface area contributed by atoms with Crippen LogP contribution in [-0.2, 0) is 16.1 Å². The number of nitrogens with zero attached hydrogens (tertiary/aromatic N) is 3. The number of carboxylic acids is 1. The molecular weight excluding hydrogens is 469 g/mol. The van der Waals surface area contributed by atoms with Gasteiger partial charge in [0.05, 0.1) is 19.8 Å². The third kappa shape index (κ3) is 6.61. The van der Waals surface area contributed by atoms with E-state index in [1.165, 1.54) is 29.4 Å². The molecular formula is C30H32FN3O3. The summed E-state index contributed by atoms with van der Waals surface area (Å²) in [5.74, 6) is -2.18. The van der Waals surface area contributed by atoms with Crippen LogP contribution in [0.5, 0.6) is 0 Å². The first-order valence-electron chi connectivity index (χ1n) is 13.0. The molecule has 1 heterocycles. The molecule has 0 radical (unpaired) electrons. The average Bonchev–Trinajstić information content (AvgIpc) is 2.92. The second-order valence-corrected chi connectivity index (χ2v) is 9.50. The van der Waals surface area contributed by atoms with Gasteiger partial charge in [-0.2, -0.15) is 0 Å². The first-order valence-corrected chi connectivity index (χ1v) is 12.4. The van der Waals surface area contributed by atoms with E-state index < -0.39 is 18.3 Å². The highest BCUT2D eigenvalue weighted by atomic mass is 19.1. The van der Waals surface area contributed by atoms with Crippen LogP contribution in [0.4, 0.5) is 15.8 Å². The van der Waals surface area contributed by atoms with Gasteiger partial charge in [-0.05, 0) is 59.9 Å². The lowest BCUT2D eigenvalue weighted by molar-refractivity contribution is -0.131. The molecule has 192 valence electrons. The maximum atomic E-state index is 15.5. The lowest BCUT2D eigenvalue weighted by atomic mass is 9.88. The lowest BCUT2D eigenvalue weighted by Crippen LogP contribution is -2.37. The Morgan fingerprint density at radius 1 is 1.03 bits per heavy atom. The van der Waals surface area contributed by atoms with E-state index in [4.69, 9.17) is 6.48 Å². The first-order chi connectivity index (χ1) is 18.2. The number of rotatable bonds is 8. The molecule has 1 amide bonds. The van der Waals surface area contributed by atoms with Crippen LogP contribution in [0, 0.1) is 11.7 Å². The van der Waals surface area contributed by atoms with Gasteiger partial charge in [0.1, 0.15) is 5.82 Å². The van der Waals surface area contributed by atoms with Crippen molar-refractivity contribution in [2.45, 2.75) is 38.6 Å². The summed E-state index contributed by atoms with van der Waals surface area (Å²) in [7, 11) is 3.90. The number of anilines is 2. The molecule has 1 N–H and O–H groups in total. The topological polar surface area (TPSA) is 73.7 Å². The van der Waals surface area contributed by atoms with E-state index in [9.17, 15) is 9.59 Å². The SMILES string of the molecule is [2H][C@H](c1ccc(-c2ccc(N(C)C)cc2)cc1F)N(C(=O)C1CCCCC1)c1cncc(/C=C/C(=O)O)c1. The Bertz CT molecular complexity index is 1320. The van der Waals surface area contributed by atoms with Crippen molar-refractivity contribution >= 4 is 29.3 Å². The van der Waals surface area contributed by atoms with E-state index in [2.05, 4.69) is 4.98 Å². The summed E-state index contributed by atoms with van der Waals surface area (Å²) in [4.78, 5) is 32.1. The molecule has 1 aliphatic carbocycles. The summed E-state index contributed by atoms with van der Waals surface area (Å²) >= 11 is 0. The van der Waals surface area contributed by atoms with E-state index in [1.807, 2.05) is 43.3 Å². The monoisotopic (exact) mass is 502 g/mol. The number of benzene rings is 2. The fraction of sp³-hybridized carbons (Fsp3) is 0.300. The number of carbonyl (C=O) groups is 2. The van der Waals surface area contributed by atoms with Crippen LogP contribution in [0.15, 0.2) is 67.0 Å². The lowest BCUT2D eigenvalue weighted by Gasteiger charge is -2.29. The zero-order chi connectivity index (χ0) is 27.2. The Morgan fingerprint density at radius 3 is 2.38 bits per heavy atom. The highest BCUT2D eigenvalue weighted by Gasteiger charge is 2.28. The number of carbonyl (C=O) groups excluding carboxylic acids is 1. The number of carboxylic acid groups (broad SMARTS) is 1. The molecule has 0 unspecified atom stereocenters. The molecule has 1 saturated carbocycles. The molecule has 1 aromatic heterocycles. The smallest absolute Gasteiger partial charge is 0.328 e. The zero-order valence-corrected chi connectivity index (χ0v) is 21.1. The van der Waals surface area contributed by atoms with Crippen LogP contribution < -0.4 is 9.80 Å². The maximum absolute atomic E-state index is 15.5. The summed E-state index contributed by atoms with van der Waals surface area (Å²) in [6, 6.07) is 14.1. The quantitative estimate of drug-likeness (QED) is 0.373. The van der Waals surface area contributed by atoms with E-state index in [0.29, 0.717) is 16.8 Å². The van der Waals surface area contributed by atoms with E-state index >= 15 is 4.39 Å². The standard InChI is InChI=1S/C30H32FN3O3/c1-33(2)26-13-11-22(12-14-26)24-9-10-25(28(31)17-24)20-34(30(37)23-6-4-3-5-7-23)27-16-21(18-32-19-27)8-15-29(35)36/h8-19,23H,3-7,20H2,1-2H3,(H,35,36)/b15-8+/i20D/t20-/m1/s1. The van der Waals surface area contributed by atoms with Gasteiger partial charge in [0, 0.05) is 43.5 Å². The summed E-state index contributed by atoms with van der Waals surface area (Å²) in [5.41, 5.74) is 3.43. The minimum absolute atomic E-state index is 0.0781. The number of halogens is 1. The average molecular weight is 503 g/mol. The van der Waals surface area contributed by atoms with Crippen LogP contribution in [-0.4, -0.2) is 36.1 Å². The Morgan fingerprint density at radius 2 is 1.73 bits per heavy atom. The largest absolute Gasteiger partial charge is 0.478 e. The molecule has 0 aliphatic heterocycles. The van der Waals surface area contributed by atoms with Crippen LogP contribution >= 0.6 is 0 Å². The van der Waals surface area contributed by atoms with Crippen LogP contribution in [0.2, 0.25) is 0 Å². The van der Waals surface area contributed by atoms with Crippen LogP contribution in [0.1, 0.15) is 44.6 Å². The Hall–Kier alpha value is -4.00. The number of pyridine rings is 1. The predicted octanol–water partition coefficient (Wildman–Crippen LogP) is 6.17. The Balaban J connectivity index is 1.69. The highest BCUT2D eigenvalue weighted by Crippen LogP contribution is 2.30. The molecule has 37 heavy (non-hydrogen) atoms. The third-order valence-electron chi connectivity index (χ3n) is 6.62. The van der Waals surface area contributed by atoms with Gasteiger partial charge < -0.3 is 14.9 Å². The first kappa shape index (κ1) is 24.7. The fourth-order valence-corrected chi connectivity index (χ4v) is 4.55. The minimum atomic E-state index is -1.34. The van der Waals surface area contributed by atoms with Gasteiger partial charge in [0.2, 0.25) is 5.91 Å².